The number of ether oxygens (including phenoxy) is 4. The van der Waals surface area contributed by atoms with Gasteiger partial charge in [0.1, 0.15) is 19.3 Å². The van der Waals surface area contributed by atoms with Crippen molar-refractivity contribution in [2.75, 3.05) is 39.6 Å². The summed E-state index contributed by atoms with van der Waals surface area (Å²) < 4.78 is 68.5. The van der Waals surface area contributed by atoms with Gasteiger partial charge >= 0.3 is 39.5 Å². The molecule has 3 unspecified atom stereocenters. The lowest BCUT2D eigenvalue weighted by Gasteiger charge is -2.21. The molecular weight excluding hydrogens is 1250 g/mol. The van der Waals surface area contributed by atoms with Crippen molar-refractivity contribution in [2.24, 2.45) is 23.7 Å². The number of carbonyl (C=O) groups excluding carboxylic acids is 4. The molecule has 564 valence electrons. The molecule has 0 spiro atoms. The zero-order valence-electron chi connectivity index (χ0n) is 62.3. The zero-order valence-corrected chi connectivity index (χ0v) is 64.1. The quantitative estimate of drug-likeness (QED) is 0.0222. The average molecular weight is 1400 g/mol. The van der Waals surface area contributed by atoms with E-state index in [0.717, 1.165) is 120 Å². The van der Waals surface area contributed by atoms with E-state index in [2.05, 4.69) is 55.4 Å². The van der Waals surface area contributed by atoms with Crippen LogP contribution in [0.15, 0.2) is 0 Å². The second-order valence-electron chi connectivity index (χ2n) is 29.1. The molecule has 0 radical (unpaired) electrons. The minimum Gasteiger partial charge on any atom is -0.462 e. The van der Waals surface area contributed by atoms with Crippen LogP contribution in [0.5, 0.6) is 0 Å². The molecule has 0 heterocycles. The molecule has 0 aromatic carbocycles. The maximum atomic E-state index is 13.1. The second kappa shape index (κ2) is 65.4. The van der Waals surface area contributed by atoms with E-state index in [1.807, 2.05) is 0 Å². The molecule has 6 atom stereocenters. The first-order valence-electron chi connectivity index (χ1n) is 39.2. The summed E-state index contributed by atoms with van der Waals surface area (Å²) in [7, 11) is -9.91. The molecular formula is C76H148O17P2. The number of rotatable bonds is 73. The highest BCUT2D eigenvalue weighted by atomic mass is 31.2. The molecule has 17 nitrogen and oxygen atoms in total. The Morgan fingerprint density at radius 1 is 0.295 bits per heavy atom. The standard InChI is InChI=1S/C76H148O17P2/c1-9-69(8)55-47-39-34-35-41-49-57-74(79)87-63-72(93-76(81)59-51-43-33-27-26-30-38-46-54-68(6)7)65-91-95(84,85)89-61-70(77)60-88-94(82,83)90-64-71(92-75(80)58-50-42-32-25-21-17-16-19-23-29-37-45-53-67(4)5)62-86-73(78)56-48-40-31-24-20-15-13-11-10-12-14-18-22-28-36-44-52-66(2)3/h66-72,77H,9-65H2,1-8H3,(H,82,83)(H,84,85)/t69?,70-,71-,72-/m1/s1. The van der Waals surface area contributed by atoms with Crippen LogP contribution in [0.4, 0.5) is 0 Å². The van der Waals surface area contributed by atoms with Crippen molar-refractivity contribution in [3.8, 4) is 0 Å². The fourth-order valence-corrected chi connectivity index (χ4v) is 13.1. The number of esters is 4. The Labute approximate surface area is 581 Å². The van der Waals surface area contributed by atoms with Crippen LogP contribution in [0.25, 0.3) is 0 Å². The highest BCUT2D eigenvalue weighted by molar-refractivity contribution is 7.47. The van der Waals surface area contributed by atoms with E-state index in [9.17, 15) is 43.2 Å². The molecule has 19 heteroatoms. The minimum absolute atomic E-state index is 0.103. The number of phosphoric acid groups is 2. The molecule has 0 aliphatic carbocycles. The lowest BCUT2D eigenvalue weighted by atomic mass is 10.00. The van der Waals surface area contributed by atoms with Gasteiger partial charge in [0, 0.05) is 25.7 Å². The summed E-state index contributed by atoms with van der Waals surface area (Å²) in [5, 5.41) is 10.6. The van der Waals surface area contributed by atoms with Crippen LogP contribution in [0, 0.1) is 23.7 Å². The molecule has 3 N–H and O–H groups in total. The van der Waals surface area contributed by atoms with Crippen LogP contribution in [0.1, 0.15) is 383 Å². The maximum absolute atomic E-state index is 13.1. The van der Waals surface area contributed by atoms with Gasteiger partial charge in [-0.25, -0.2) is 9.13 Å². The van der Waals surface area contributed by atoms with Crippen molar-refractivity contribution >= 4 is 39.5 Å². The lowest BCUT2D eigenvalue weighted by Crippen LogP contribution is -2.30. The summed E-state index contributed by atoms with van der Waals surface area (Å²) in [5.41, 5.74) is 0. The van der Waals surface area contributed by atoms with Crippen molar-refractivity contribution in [1.82, 2.24) is 0 Å². The number of aliphatic hydroxyl groups excluding tert-OH is 1. The van der Waals surface area contributed by atoms with Gasteiger partial charge in [-0.15, -0.1) is 0 Å². The van der Waals surface area contributed by atoms with E-state index in [1.54, 1.807) is 0 Å². The van der Waals surface area contributed by atoms with Crippen LogP contribution in [-0.4, -0.2) is 96.7 Å². The highest BCUT2D eigenvalue weighted by Gasteiger charge is 2.30. The van der Waals surface area contributed by atoms with E-state index in [0.29, 0.717) is 25.7 Å². The second-order valence-corrected chi connectivity index (χ2v) is 32.0. The number of carbonyl (C=O) groups is 4. The molecule has 0 saturated heterocycles. The monoisotopic (exact) mass is 1400 g/mol. The number of aliphatic hydroxyl groups is 1. The Kier molecular flexibility index (Phi) is 64.0. The fourth-order valence-electron chi connectivity index (χ4n) is 11.5. The van der Waals surface area contributed by atoms with Gasteiger partial charge in [-0.2, -0.15) is 0 Å². The van der Waals surface area contributed by atoms with Crippen LogP contribution in [0.3, 0.4) is 0 Å². The summed E-state index contributed by atoms with van der Waals surface area (Å²) in [6.07, 6.45) is 50.1. The number of unbranched alkanes of at least 4 members (excludes halogenated alkanes) is 38. The van der Waals surface area contributed by atoms with Gasteiger partial charge in [-0.1, -0.05) is 331 Å². The predicted octanol–water partition coefficient (Wildman–Crippen LogP) is 22.0. The Morgan fingerprint density at radius 2 is 0.505 bits per heavy atom. The first-order valence-corrected chi connectivity index (χ1v) is 42.2. The van der Waals surface area contributed by atoms with Gasteiger partial charge in [0.25, 0.3) is 0 Å². The Morgan fingerprint density at radius 3 is 0.747 bits per heavy atom. The summed E-state index contributed by atoms with van der Waals surface area (Å²) in [4.78, 5) is 72.8. The van der Waals surface area contributed by atoms with Crippen molar-refractivity contribution < 1.29 is 80.2 Å². The summed E-state index contributed by atoms with van der Waals surface area (Å²) >= 11 is 0. The smallest absolute Gasteiger partial charge is 0.462 e. The van der Waals surface area contributed by atoms with Crippen molar-refractivity contribution in [3.05, 3.63) is 0 Å². The van der Waals surface area contributed by atoms with E-state index >= 15 is 0 Å². The van der Waals surface area contributed by atoms with E-state index in [1.165, 1.54) is 180 Å². The Balaban J connectivity index is 5.22. The van der Waals surface area contributed by atoms with Crippen molar-refractivity contribution in [2.45, 2.75) is 401 Å². The SMILES string of the molecule is CCC(C)CCCCCCCCC(=O)OC[C@H](COP(=O)(O)OC[C@H](O)COP(=O)(O)OC[C@@H](COC(=O)CCCCCCCCCCCCCCCCCCC(C)C)OC(=O)CCCCCCCCCCCCCCC(C)C)OC(=O)CCCCCCCCCCC(C)C. The van der Waals surface area contributed by atoms with E-state index < -0.39 is 97.5 Å². The van der Waals surface area contributed by atoms with Crippen molar-refractivity contribution in [1.29, 1.82) is 0 Å². The molecule has 95 heavy (non-hydrogen) atoms. The van der Waals surface area contributed by atoms with Crippen LogP contribution >= 0.6 is 15.6 Å². The fraction of sp³-hybridized carbons (Fsp3) is 0.947. The number of hydrogen-bond acceptors (Lipinski definition) is 15. The summed E-state index contributed by atoms with van der Waals surface area (Å²) in [6.45, 7) is 14.2. The normalized spacial score (nSPS) is 14.4. The average Bonchev–Trinajstić information content (AvgIpc) is 2.17. The predicted molar refractivity (Wildman–Crippen MR) is 386 cm³/mol. The Bertz CT molecular complexity index is 1870. The first kappa shape index (κ1) is 93.1. The molecule has 0 aliphatic heterocycles. The molecule has 0 amide bonds. The minimum atomic E-state index is -4.96. The van der Waals surface area contributed by atoms with Gasteiger partial charge in [0.05, 0.1) is 26.4 Å². The number of hydrogen-bond donors (Lipinski definition) is 3. The van der Waals surface area contributed by atoms with Crippen molar-refractivity contribution in [3.63, 3.8) is 0 Å². The zero-order chi connectivity index (χ0) is 70.3. The topological polar surface area (TPSA) is 237 Å². The third-order valence-corrected chi connectivity index (χ3v) is 19.8. The third-order valence-electron chi connectivity index (χ3n) is 17.9. The van der Waals surface area contributed by atoms with Gasteiger partial charge in [-0.05, 0) is 49.4 Å². The van der Waals surface area contributed by atoms with E-state index in [4.69, 9.17) is 37.0 Å². The van der Waals surface area contributed by atoms with Crippen LogP contribution in [-0.2, 0) is 65.4 Å². The van der Waals surface area contributed by atoms with Crippen LogP contribution in [0.2, 0.25) is 0 Å². The van der Waals surface area contributed by atoms with Gasteiger partial charge in [0.15, 0.2) is 12.2 Å². The first-order chi connectivity index (χ1) is 45.6. The molecule has 0 aromatic rings. The molecule has 0 bridgehead atoms. The molecule has 0 aromatic heterocycles. The van der Waals surface area contributed by atoms with Gasteiger partial charge in [-0.3, -0.25) is 37.3 Å². The summed E-state index contributed by atoms with van der Waals surface area (Å²) in [6, 6.07) is 0. The summed E-state index contributed by atoms with van der Waals surface area (Å²) in [5.74, 6) is 0.915. The highest BCUT2D eigenvalue weighted by Crippen LogP contribution is 2.45. The van der Waals surface area contributed by atoms with Gasteiger partial charge in [0.2, 0.25) is 0 Å². The van der Waals surface area contributed by atoms with Gasteiger partial charge < -0.3 is 33.8 Å². The third kappa shape index (κ3) is 69.0. The molecule has 0 rings (SSSR count). The largest absolute Gasteiger partial charge is 0.472 e. The van der Waals surface area contributed by atoms with E-state index in [-0.39, 0.29) is 25.7 Å². The Hall–Kier alpha value is -1.94. The van der Waals surface area contributed by atoms with Crippen LogP contribution < -0.4 is 0 Å². The maximum Gasteiger partial charge on any atom is 0.472 e. The lowest BCUT2D eigenvalue weighted by molar-refractivity contribution is -0.161. The molecule has 0 aliphatic rings. The molecule has 0 saturated carbocycles. The number of phosphoric ester groups is 2. The molecule has 0 fully saturated rings.